The van der Waals surface area contributed by atoms with E-state index < -0.39 is 51.8 Å². The number of nitrogens with one attached hydrogen (secondary N) is 3. The molecule has 0 aromatic heterocycles. The Balaban J connectivity index is 0.000000300. The van der Waals surface area contributed by atoms with Crippen LogP contribution in [0.1, 0.15) is 36.8 Å². The van der Waals surface area contributed by atoms with Gasteiger partial charge in [-0.2, -0.15) is 26.3 Å². The van der Waals surface area contributed by atoms with Crippen LogP contribution in [-0.2, 0) is 12.4 Å². The van der Waals surface area contributed by atoms with Gasteiger partial charge in [-0.1, -0.05) is 0 Å². The van der Waals surface area contributed by atoms with Crippen LogP contribution in [0.3, 0.4) is 0 Å². The van der Waals surface area contributed by atoms with E-state index in [0.717, 1.165) is 50.2 Å². The predicted octanol–water partition coefficient (Wildman–Crippen LogP) is 4.62. The highest BCUT2D eigenvalue weighted by Gasteiger charge is 2.34. The SMILES string of the molecule is CB(O)N1CCC(Nc2ccc(C(F)(F)F)cc2[N+](=O)[O-])CC1.O=[N+]([O-])c1cc(C(F)(F)F)ccc1NC1CCNCC1.[B][B]. The van der Waals surface area contributed by atoms with Crippen LogP contribution >= 0.6 is 0 Å². The molecule has 2 aromatic carbocycles. The van der Waals surface area contributed by atoms with Crippen molar-refractivity contribution in [3.8, 4) is 0 Å². The number of rotatable bonds is 7. The summed E-state index contributed by atoms with van der Waals surface area (Å²) in [6.45, 7) is 4.46. The Morgan fingerprint density at radius 3 is 1.53 bits per heavy atom. The van der Waals surface area contributed by atoms with Gasteiger partial charge in [0.2, 0.25) is 0 Å². The maximum absolute atomic E-state index is 12.7. The van der Waals surface area contributed by atoms with Crippen LogP contribution in [0.2, 0.25) is 6.82 Å². The molecule has 2 heterocycles. The molecule has 4 rings (SSSR count). The van der Waals surface area contributed by atoms with Gasteiger partial charge in [-0.15, -0.1) is 0 Å². The number of alkyl halides is 6. The molecule has 0 spiro atoms. The Morgan fingerprint density at radius 1 is 0.822 bits per heavy atom. The van der Waals surface area contributed by atoms with Crippen molar-refractivity contribution >= 4 is 45.3 Å². The highest BCUT2D eigenvalue weighted by molar-refractivity contribution is 6.75. The van der Waals surface area contributed by atoms with Gasteiger partial charge in [-0.25, -0.2) is 0 Å². The Morgan fingerprint density at radius 2 is 1.20 bits per heavy atom. The number of piperidine rings is 2. The first-order chi connectivity index (χ1) is 21.1. The summed E-state index contributed by atoms with van der Waals surface area (Å²) >= 11 is 0. The quantitative estimate of drug-likeness (QED) is 0.147. The summed E-state index contributed by atoms with van der Waals surface area (Å²) in [5, 5.41) is 40.5. The van der Waals surface area contributed by atoms with E-state index in [4.69, 9.17) is 0 Å². The topological polar surface area (TPSA) is 146 Å². The highest BCUT2D eigenvalue weighted by atomic mass is 19.4. The standard InChI is InChI=1S/C13H17BF3N3O3.C12H14F3N3O2.B2/c1-14(21)19-6-4-10(5-7-19)18-11-3-2-9(13(15,16)17)8-12(11)20(22)23;13-12(14,15)8-1-2-10(11(7-8)18(19)20)17-9-3-5-16-6-4-9;1-2/h2-3,8,10,18,21H,4-7H2,1H3;1-2,7,9,16-17H,3-6H2;. The van der Waals surface area contributed by atoms with Crippen molar-refractivity contribution in [1.29, 1.82) is 0 Å². The lowest BCUT2D eigenvalue weighted by molar-refractivity contribution is -0.384. The summed E-state index contributed by atoms with van der Waals surface area (Å²) in [4.78, 5) is 22.2. The number of nitro benzene ring substituents is 2. The molecular formula is C25H31B3F6N6O5. The Labute approximate surface area is 258 Å². The summed E-state index contributed by atoms with van der Waals surface area (Å²) in [6.07, 6.45) is -6.37. The fraction of sp³-hybridized carbons (Fsp3) is 0.520. The molecule has 242 valence electrons. The Hall–Kier alpha value is -3.51. The van der Waals surface area contributed by atoms with E-state index in [1.54, 1.807) is 6.82 Å². The van der Waals surface area contributed by atoms with Crippen molar-refractivity contribution in [2.45, 2.75) is 56.9 Å². The lowest BCUT2D eigenvalue weighted by Gasteiger charge is -2.33. The molecule has 4 N–H and O–H groups in total. The molecule has 0 aliphatic carbocycles. The zero-order valence-electron chi connectivity index (χ0n) is 24.2. The van der Waals surface area contributed by atoms with Crippen molar-refractivity contribution in [2.75, 3.05) is 36.8 Å². The van der Waals surface area contributed by atoms with Crippen molar-refractivity contribution in [3.63, 3.8) is 0 Å². The van der Waals surface area contributed by atoms with Gasteiger partial charge in [0.15, 0.2) is 0 Å². The van der Waals surface area contributed by atoms with Gasteiger partial charge < -0.3 is 25.8 Å². The van der Waals surface area contributed by atoms with Crippen molar-refractivity contribution < 1.29 is 41.2 Å². The highest BCUT2D eigenvalue weighted by Crippen LogP contribution is 2.37. The number of hydrogen-bond acceptors (Lipinski definition) is 9. The molecule has 2 fully saturated rings. The molecule has 0 saturated carbocycles. The first-order valence-electron chi connectivity index (χ1n) is 13.8. The number of benzene rings is 2. The van der Waals surface area contributed by atoms with Gasteiger partial charge in [-0.3, -0.25) is 20.2 Å². The van der Waals surface area contributed by atoms with E-state index in [9.17, 15) is 51.6 Å². The minimum atomic E-state index is -4.62. The second kappa shape index (κ2) is 16.7. The minimum Gasteiger partial charge on any atom is -0.437 e. The van der Waals surface area contributed by atoms with Gasteiger partial charge in [-0.05, 0) is 83.0 Å². The normalized spacial score (nSPS) is 16.4. The fourth-order valence-corrected chi connectivity index (χ4v) is 4.79. The summed E-state index contributed by atoms with van der Waals surface area (Å²) < 4.78 is 75.7. The van der Waals surface area contributed by atoms with Crippen LogP contribution in [0.15, 0.2) is 36.4 Å². The van der Waals surface area contributed by atoms with Crippen molar-refractivity contribution in [1.82, 2.24) is 10.1 Å². The van der Waals surface area contributed by atoms with Crippen LogP contribution in [0.4, 0.5) is 49.1 Å². The van der Waals surface area contributed by atoms with Gasteiger partial charge in [0.25, 0.3) is 11.4 Å². The number of hydrogen-bond donors (Lipinski definition) is 4. The summed E-state index contributed by atoms with van der Waals surface area (Å²) in [5.41, 5.74) is -2.97. The van der Waals surface area contributed by atoms with E-state index in [1.165, 1.54) is 0 Å². The van der Waals surface area contributed by atoms with Crippen LogP contribution in [0.5, 0.6) is 0 Å². The lowest BCUT2D eigenvalue weighted by Crippen LogP contribution is -2.45. The Kier molecular flexibility index (Phi) is 14.0. The zero-order valence-corrected chi connectivity index (χ0v) is 24.2. The van der Waals surface area contributed by atoms with E-state index in [-0.39, 0.29) is 23.5 Å². The average molecular weight is 642 g/mol. The second-order valence-corrected chi connectivity index (χ2v) is 10.2. The van der Waals surface area contributed by atoms with Gasteiger partial charge in [0, 0.05) is 39.7 Å². The molecule has 0 unspecified atom stereocenters. The summed E-state index contributed by atoms with van der Waals surface area (Å²) in [5.74, 6) is 0. The summed E-state index contributed by atoms with van der Waals surface area (Å²) in [6, 6.07) is 4.99. The largest absolute Gasteiger partial charge is 0.437 e. The maximum atomic E-state index is 12.7. The average Bonchev–Trinajstić information content (AvgIpc) is 2.98. The number of nitro groups is 2. The molecule has 2 aromatic rings. The molecule has 20 heteroatoms. The monoisotopic (exact) mass is 642 g/mol. The number of nitrogens with zero attached hydrogens (tertiary/aromatic N) is 3. The molecule has 0 bridgehead atoms. The van der Waals surface area contributed by atoms with Crippen molar-refractivity contribution in [2.24, 2.45) is 0 Å². The molecule has 2 aliphatic rings. The van der Waals surface area contributed by atoms with E-state index in [2.05, 4.69) is 31.4 Å². The van der Waals surface area contributed by atoms with Crippen LogP contribution in [0, 0.1) is 20.2 Å². The molecular weight excluding hydrogens is 611 g/mol. The van der Waals surface area contributed by atoms with Crippen LogP contribution in [0.25, 0.3) is 0 Å². The molecule has 11 nitrogen and oxygen atoms in total. The number of anilines is 2. The van der Waals surface area contributed by atoms with E-state index in [0.29, 0.717) is 38.1 Å². The third-order valence-electron chi connectivity index (χ3n) is 7.16. The van der Waals surface area contributed by atoms with Gasteiger partial charge in [0.05, 0.1) is 21.0 Å². The smallest absolute Gasteiger partial charge is 0.416 e. The molecule has 0 amide bonds. The van der Waals surface area contributed by atoms with Gasteiger partial charge >= 0.3 is 19.4 Å². The minimum absolute atomic E-state index is 0.0340. The molecule has 0 atom stereocenters. The van der Waals surface area contributed by atoms with E-state index in [1.807, 2.05) is 4.81 Å². The third-order valence-corrected chi connectivity index (χ3v) is 7.16. The van der Waals surface area contributed by atoms with Crippen molar-refractivity contribution in [3.05, 3.63) is 67.8 Å². The van der Waals surface area contributed by atoms with E-state index >= 15 is 0 Å². The Bertz CT molecular complexity index is 1280. The zero-order chi connectivity index (χ0) is 33.9. The fourth-order valence-electron chi connectivity index (χ4n) is 4.79. The van der Waals surface area contributed by atoms with Gasteiger partial charge in [0.1, 0.15) is 11.4 Å². The molecule has 2 saturated heterocycles. The molecule has 4 radical (unpaired) electrons. The molecule has 45 heavy (non-hydrogen) atoms. The lowest BCUT2D eigenvalue weighted by atomic mass is 9.81. The predicted molar refractivity (Wildman–Crippen MR) is 159 cm³/mol. The summed E-state index contributed by atoms with van der Waals surface area (Å²) in [7, 11) is 7.44. The second-order valence-electron chi connectivity index (χ2n) is 10.2. The first-order valence-corrected chi connectivity index (χ1v) is 13.8. The van der Waals surface area contributed by atoms with Crippen LogP contribution < -0.4 is 16.0 Å². The molecule has 2 aliphatic heterocycles. The van der Waals surface area contributed by atoms with Crippen LogP contribution in [-0.4, -0.2) is 80.5 Å². The third kappa shape index (κ3) is 11.4. The first kappa shape index (κ1) is 37.7. The maximum Gasteiger partial charge on any atom is 0.416 e. The number of halogens is 6.